The van der Waals surface area contributed by atoms with Gasteiger partial charge >= 0.3 is 6.03 Å². The van der Waals surface area contributed by atoms with Gasteiger partial charge in [0.2, 0.25) is 5.91 Å². The Balaban J connectivity index is 1.52. The second-order valence-corrected chi connectivity index (χ2v) is 8.06. The largest absolute Gasteiger partial charge is 0.354 e. The molecule has 2 aromatic carbocycles. The molecule has 0 saturated carbocycles. The van der Waals surface area contributed by atoms with E-state index in [-0.39, 0.29) is 5.56 Å². The SMILES string of the molecule is CC1(c2cc(F)ccc2F)NC(=O)N(CC(=O)NCCSCc2ccccc2)C1=O. The van der Waals surface area contributed by atoms with E-state index in [2.05, 4.69) is 10.6 Å². The van der Waals surface area contributed by atoms with Crippen molar-refractivity contribution in [3.05, 3.63) is 71.3 Å². The van der Waals surface area contributed by atoms with Crippen LogP contribution in [0.25, 0.3) is 0 Å². The predicted octanol–water partition coefficient (Wildman–Crippen LogP) is 2.78. The quantitative estimate of drug-likeness (QED) is 0.496. The van der Waals surface area contributed by atoms with Crippen molar-refractivity contribution in [3.8, 4) is 0 Å². The van der Waals surface area contributed by atoms with Gasteiger partial charge in [0.1, 0.15) is 23.7 Å². The standard InChI is InChI=1S/C21H21F2N3O3S/c1-21(16-11-15(22)7-8-17(16)23)19(28)26(20(29)25-21)12-18(27)24-9-10-30-13-14-5-3-2-4-6-14/h2-8,11H,9-10,12-13H2,1H3,(H,24,27)(H,25,29). The van der Waals surface area contributed by atoms with E-state index in [1.807, 2.05) is 30.3 Å². The number of rotatable bonds is 8. The van der Waals surface area contributed by atoms with Crippen molar-refractivity contribution in [2.24, 2.45) is 0 Å². The zero-order chi connectivity index (χ0) is 21.7. The smallest absolute Gasteiger partial charge is 0.325 e. The number of nitrogens with zero attached hydrogens (tertiary/aromatic N) is 1. The van der Waals surface area contributed by atoms with Gasteiger partial charge in [-0.15, -0.1) is 0 Å². The normalized spacial score (nSPS) is 18.4. The second-order valence-electron chi connectivity index (χ2n) is 6.96. The number of amides is 4. The summed E-state index contributed by atoms with van der Waals surface area (Å²) in [5, 5.41) is 5.02. The Bertz CT molecular complexity index is 958. The van der Waals surface area contributed by atoms with Crippen molar-refractivity contribution in [1.29, 1.82) is 0 Å². The minimum atomic E-state index is -1.78. The number of urea groups is 1. The maximum Gasteiger partial charge on any atom is 0.325 e. The number of benzene rings is 2. The minimum absolute atomic E-state index is 0.291. The average Bonchev–Trinajstić information content (AvgIpc) is 2.94. The molecule has 2 aromatic rings. The molecule has 3 rings (SSSR count). The first kappa shape index (κ1) is 21.8. The Morgan fingerprint density at radius 3 is 2.63 bits per heavy atom. The van der Waals surface area contributed by atoms with E-state index in [9.17, 15) is 23.2 Å². The second kappa shape index (κ2) is 9.25. The summed E-state index contributed by atoms with van der Waals surface area (Å²) >= 11 is 1.64. The fraction of sp³-hybridized carbons (Fsp3) is 0.286. The number of carbonyl (C=O) groups excluding carboxylic acids is 3. The van der Waals surface area contributed by atoms with Gasteiger partial charge < -0.3 is 10.6 Å². The highest BCUT2D eigenvalue weighted by Gasteiger charge is 2.50. The van der Waals surface area contributed by atoms with E-state index in [1.54, 1.807) is 11.8 Å². The molecule has 0 bridgehead atoms. The van der Waals surface area contributed by atoms with E-state index < -0.39 is 41.6 Å². The maximum atomic E-state index is 14.1. The van der Waals surface area contributed by atoms with Crippen LogP contribution in [0.2, 0.25) is 0 Å². The molecule has 1 aliphatic heterocycles. The first-order valence-corrected chi connectivity index (χ1v) is 10.4. The van der Waals surface area contributed by atoms with Gasteiger partial charge in [0.25, 0.3) is 5.91 Å². The number of hydrogen-bond donors (Lipinski definition) is 2. The van der Waals surface area contributed by atoms with Crippen LogP contribution in [-0.4, -0.2) is 41.6 Å². The zero-order valence-electron chi connectivity index (χ0n) is 16.3. The van der Waals surface area contributed by atoms with Crippen LogP contribution in [0.4, 0.5) is 13.6 Å². The Morgan fingerprint density at radius 2 is 1.90 bits per heavy atom. The summed E-state index contributed by atoms with van der Waals surface area (Å²) in [5.74, 6) is -1.42. The van der Waals surface area contributed by atoms with Crippen molar-refractivity contribution in [3.63, 3.8) is 0 Å². The molecular formula is C21H21F2N3O3S. The van der Waals surface area contributed by atoms with Gasteiger partial charge in [-0.2, -0.15) is 11.8 Å². The molecule has 2 N–H and O–H groups in total. The van der Waals surface area contributed by atoms with Crippen LogP contribution >= 0.6 is 11.8 Å². The fourth-order valence-corrected chi connectivity index (χ4v) is 3.95. The molecule has 1 saturated heterocycles. The molecule has 1 unspecified atom stereocenters. The molecule has 0 aromatic heterocycles. The average molecular weight is 433 g/mol. The first-order valence-electron chi connectivity index (χ1n) is 9.29. The third kappa shape index (κ3) is 4.79. The number of imide groups is 1. The van der Waals surface area contributed by atoms with E-state index in [0.717, 1.165) is 24.0 Å². The highest BCUT2D eigenvalue weighted by molar-refractivity contribution is 7.98. The first-order chi connectivity index (χ1) is 14.3. The van der Waals surface area contributed by atoms with E-state index in [0.29, 0.717) is 17.2 Å². The van der Waals surface area contributed by atoms with Gasteiger partial charge in [0.05, 0.1) is 0 Å². The van der Waals surface area contributed by atoms with Gasteiger partial charge in [-0.3, -0.25) is 14.5 Å². The van der Waals surface area contributed by atoms with Crippen LogP contribution in [0.15, 0.2) is 48.5 Å². The summed E-state index contributed by atoms with van der Waals surface area (Å²) in [7, 11) is 0. The van der Waals surface area contributed by atoms with Gasteiger partial charge in [-0.25, -0.2) is 13.6 Å². The number of carbonyl (C=O) groups is 3. The molecule has 0 spiro atoms. The maximum absolute atomic E-state index is 14.1. The Morgan fingerprint density at radius 1 is 1.17 bits per heavy atom. The lowest BCUT2D eigenvalue weighted by molar-refractivity contribution is -0.134. The molecule has 1 fully saturated rings. The number of halogens is 2. The molecule has 6 nitrogen and oxygen atoms in total. The van der Waals surface area contributed by atoms with Gasteiger partial charge in [-0.05, 0) is 30.7 Å². The van der Waals surface area contributed by atoms with Crippen LogP contribution in [-0.2, 0) is 20.9 Å². The number of nitrogens with one attached hydrogen (secondary N) is 2. The molecule has 30 heavy (non-hydrogen) atoms. The van der Waals surface area contributed by atoms with Crippen LogP contribution in [0.5, 0.6) is 0 Å². The van der Waals surface area contributed by atoms with Crippen molar-refractivity contribution in [1.82, 2.24) is 15.5 Å². The topological polar surface area (TPSA) is 78.5 Å². The Labute approximate surface area is 177 Å². The summed E-state index contributed by atoms with van der Waals surface area (Å²) in [6.07, 6.45) is 0. The summed E-state index contributed by atoms with van der Waals surface area (Å²) in [6, 6.07) is 11.7. The number of hydrogen-bond acceptors (Lipinski definition) is 4. The minimum Gasteiger partial charge on any atom is -0.354 e. The monoisotopic (exact) mass is 433 g/mol. The molecular weight excluding hydrogens is 412 g/mol. The van der Waals surface area contributed by atoms with Crippen molar-refractivity contribution in [2.75, 3.05) is 18.8 Å². The molecule has 0 radical (unpaired) electrons. The van der Waals surface area contributed by atoms with Crippen LogP contribution in [0, 0.1) is 11.6 Å². The molecule has 1 atom stereocenters. The van der Waals surface area contributed by atoms with Crippen LogP contribution in [0.3, 0.4) is 0 Å². The highest BCUT2D eigenvalue weighted by atomic mass is 32.2. The summed E-state index contributed by atoms with van der Waals surface area (Å²) in [6.45, 7) is 1.15. The predicted molar refractivity (Wildman–Crippen MR) is 110 cm³/mol. The third-order valence-electron chi connectivity index (χ3n) is 4.72. The van der Waals surface area contributed by atoms with E-state index >= 15 is 0 Å². The molecule has 1 heterocycles. The lowest BCUT2D eigenvalue weighted by Gasteiger charge is -2.22. The highest BCUT2D eigenvalue weighted by Crippen LogP contribution is 2.31. The van der Waals surface area contributed by atoms with Gasteiger partial charge in [-0.1, -0.05) is 30.3 Å². The lowest BCUT2D eigenvalue weighted by Crippen LogP contribution is -2.44. The zero-order valence-corrected chi connectivity index (χ0v) is 17.1. The lowest BCUT2D eigenvalue weighted by atomic mass is 9.91. The van der Waals surface area contributed by atoms with Crippen LogP contribution in [0.1, 0.15) is 18.1 Å². The molecule has 1 aliphatic rings. The Kier molecular flexibility index (Phi) is 6.71. The third-order valence-corrected chi connectivity index (χ3v) is 5.75. The summed E-state index contributed by atoms with van der Waals surface area (Å²) < 4.78 is 27.7. The summed E-state index contributed by atoms with van der Waals surface area (Å²) in [5.41, 5.74) is -0.896. The summed E-state index contributed by atoms with van der Waals surface area (Å²) in [4.78, 5) is 37.8. The Hall–Kier alpha value is -2.94. The van der Waals surface area contributed by atoms with Gasteiger partial charge in [0.15, 0.2) is 0 Å². The fourth-order valence-electron chi connectivity index (χ4n) is 3.13. The van der Waals surface area contributed by atoms with Crippen LogP contribution < -0.4 is 10.6 Å². The number of thioether (sulfide) groups is 1. The van der Waals surface area contributed by atoms with E-state index in [1.165, 1.54) is 12.5 Å². The van der Waals surface area contributed by atoms with Crippen molar-refractivity contribution < 1.29 is 23.2 Å². The molecule has 158 valence electrons. The molecule has 0 aliphatic carbocycles. The van der Waals surface area contributed by atoms with Crippen molar-refractivity contribution >= 4 is 29.6 Å². The molecule has 4 amide bonds. The van der Waals surface area contributed by atoms with E-state index in [4.69, 9.17) is 0 Å². The van der Waals surface area contributed by atoms with Crippen molar-refractivity contribution in [2.45, 2.75) is 18.2 Å². The van der Waals surface area contributed by atoms with Gasteiger partial charge in [0, 0.05) is 23.6 Å². The molecule has 9 heteroatoms.